The Labute approximate surface area is 71.4 Å². The van der Waals surface area contributed by atoms with Gasteiger partial charge in [-0.05, 0) is 6.42 Å². The van der Waals surface area contributed by atoms with Crippen LogP contribution in [0.15, 0.2) is 0 Å². The molecule has 0 bridgehead atoms. The Bertz CT molecular complexity index is 167. The number of piperazine rings is 1. The van der Waals surface area contributed by atoms with Gasteiger partial charge in [-0.1, -0.05) is 31.4 Å². The molecule has 2 N–H and O–H groups in total. The lowest BCUT2D eigenvalue weighted by Gasteiger charge is -2.26. The van der Waals surface area contributed by atoms with E-state index in [9.17, 15) is 0 Å². The van der Waals surface area contributed by atoms with Crippen molar-refractivity contribution in [2.75, 3.05) is 6.54 Å². The summed E-state index contributed by atoms with van der Waals surface area (Å²) in [4.78, 5) is 1.75. The predicted octanol–water partition coefficient (Wildman–Crippen LogP) is 0.613. The zero-order valence-corrected chi connectivity index (χ0v) is 7.44. The van der Waals surface area contributed by atoms with E-state index in [1.165, 1.54) is 0 Å². The molecule has 1 aliphatic rings. The smallest absolute Gasteiger partial charge is 0.0983 e. The van der Waals surface area contributed by atoms with Crippen molar-refractivity contribution in [2.24, 2.45) is 0 Å². The van der Waals surface area contributed by atoms with E-state index >= 15 is 0 Å². The highest BCUT2D eigenvalue weighted by atomic mass is 32.1. The molecular weight excluding hydrogens is 164 g/mol. The Morgan fingerprint density at radius 1 is 1.60 bits per heavy atom. The molecule has 56 valence electrons. The van der Waals surface area contributed by atoms with E-state index in [-0.39, 0.29) is 6.04 Å². The SMILES string of the molecule is CC[C@@H]1NC(=S)CNC1=S. The van der Waals surface area contributed by atoms with E-state index in [0.29, 0.717) is 6.54 Å². The fraction of sp³-hybridized carbons (Fsp3) is 0.667. The number of thiocarbonyl (C=S) groups is 2. The van der Waals surface area contributed by atoms with Crippen molar-refractivity contribution in [3.8, 4) is 0 Å². The van der Waals surface area contributed by atoms with Gasteiger partial charge in [0.05, 0.1) is 22.6 Å². The van der Waals surface area contributed by atoms with Crippen LogP contribution in [0.4, 0.5) is 0 Å². The molecule has 1 saturated heterocycles. The Balaban J connectivity index is 2.53. The van der Waals surface area contributed by atoms with Gasteiger partial charge in [-0.3, -0.25) is 0 Å². The molecule has 0 saturated carbocycles. The lowest BCUT2D eigenvalue weighted by molar-refractivity contribution is 0.698. The average molecular weight is 174 g/mol. The van der Waals surface area contributed by atoms with Gasteiger partial charge in [0.15, 0.2) is 0 Å². The topological polar surface area (TPSA) is 24.1 Å². The minimum atomic E-state index is 0.260. The Morgan fingerprint density at radius 2 is 2.30 bits per heavy atom. The highest BCUT2D eigenvalue weighted by Crippen LogP contribution is 1.97. The van der Waals surface area contributed by atoms with Crippen LogP contribution in [0.1, 0.15) is 13.3 Å². The molecule has 1 heterocycles. The van der Waals surface area contributed by atoms with Gasteiger partial charge in [-0.25, -0.2) is 0 Å². The molecule has 10 heavy (non-hydrogen) atoms. The third-order valence-electron chi connectivity index (χ3n) is 1.48. The highest BCUT2D eigenvalue weighted by Gasteiger charge is 2.17. The van der Waals surface area contributed by atoms with Gasteiger partial charge in [0.1, 0.15) is 0 Å². The van der Waals surface area contributed by atoms with Crippen molar-refractivity contribution < 1.29 is 0 Å². The molecule has 4 heteroatoms. The fourth-order valence-corrected chi connectivity index (χ4v) is 1.40. The van der Waals surface area contributed by atoms with Gasteiger partial charge in [-0.2, -0.15) is 0 Å². The summed E-state index contributed by atoms with van der Waals surface area (Å²) in [5.41, 5.74) is 0. The third kappa shape index (κ3) is 1.64. The minimum Gasteiger partial charge on any atom is -0.371 e. The van der Waals surface area contributed by atoms with E-state index in [2.05, 4.69) is 17.6 Å². The van der Waals surface area contributed by atoms with Gasteiger partial charge in [-0.15, -0.1) is 0 Å². The van der Waals surface area contributed by atoms with Gasteiger partial charge in [0.2, 0.25) is 0 Å². The molecule has 0 aromatic heterocycles. The van der Waals surface area contributed by atoms with Gasteiger partial charge >= 0.3 is 0 Å². The van der Waals surface area contributed by atoms with Crippen molar-refractivity contribution in [1.29, 1.82) is 0 Å². The van der Waals surface area contributed by atoms with Gasteiger partial charge in [0.25, 0.3) is 0 Å². The first kappa shape index (κ1) is 7.88. The Hall–Kier alpha value is -0.220. The van der Waals surface area contributed by atoms with Crippen LogP contribution in [0, 0.1) is 0 Å². The van der Waals surface area contributed by atoms with E-state index in [1.54, 1.807) is 0 Å². The molecule has 1 atom stereocenters. The lowest BCUT2D eigenvalue weighted by atomic mass is 10.2. The van der Waals surface area contributed by atoms with Gasteiger partial charge in [0, 0.05) is 0 Å². The molecule has 0 unspecified atom stereocenters. The second kappa shape index (κ2) is 3.25. The number of hydrogen-bond donors (Lipinski definition) is 2. The molecule has 0 aromatic rings. The van der Waals surface area contributed by atoms with Crippen molar-refractivity contribution in [3.05, 3.63) is 0 Å². The molecular formula is C6H10N2S2. The Morgan fingerprint density at radius 3 is 2.80 bits per heavy atom. The Kier molecular flexibility index (Phi) is 2.56. The normalized spacial score (nSPS) is 25.5. The van der Waals surface area contributed by atoms with E-state index in [1.807, 2.05) is 0 Å². The second-order valence-electron chi connectivity index (χ2n) is 2.25. The maximum absolute atomic E-state index is 5.05. The van der Waals surface area contributed by atoms with Crippen LogP contribution in [-0.4, -0.2) is 22.6 Å². The summed E-state index contributed by atoms with van der Waals surface area (Å²) in [6.07, 6.45) is 0.992. The summed E-state index contributed by atoms with van der Waals surface area (Å²) < 4.78 is 0. The number of nitrogens with one attached hydrogen (secondary N) is 2. The highest BCUT2D eigenvalue weighted by molar-refractivity contribution is 7.81. The lowest BCUT2D eigenvalue weighted by Crippen LogP contribution is -2.54. The largest absolute Gasteiger partial charge is 0.371 e. The average Bonchev–Trinajstić information content (AvgIpc) is 1.94. The maximum Gasteiger partial charge on any atom is 0.0983 e. The minimum absolute atomic E-state index is 0.260. The van der Waals surface area contributed by atoms with Gasteiger partial charge < -0.3 is 10.6 Å². The molecule has 2 nitrogen and oxygen atoms in total. The van der Waals surface area contributed by atoms with E-state index in [0.717, 1.165) is 16.4 Å². The molecule has 0 aromatic carbocycles. The van der Waals surface area contributed by atoms with Crippen molar-refractivity contribution in [1.82, 2.24) is 10.6 Å². The van der Waals surface area contributed by atoms with E-state index < -0.39 is 0 Å². The van der Waals surface area contributed by atoms with Crippen LogP contribution < -0.4 is 10.6 Å². The van der Waals surface area contributed by atoms with Crippen molar-refractivity contribution in [2.45, 2.75) is 19.4 Å². The molecule has 0 spiro atoms. The number of hydrogen-bond acceptors (Lipinski definition) is 2. The number of rotatable bonds is 1. The summed E-state index contributed by atoms with van der Waals surface area (Å²) in [7, 11) is 0. The first-order valence-electron chi connectivity index (χ1n) is 3.31. The fourth-order valence-electron chi connectivity index (χ4n) is 0.889. The predicted molar refractivity (Wildman–Crippen MR) is 50.4 cm³/mol. The summed E-state index contributed by atoms with van der Waals surface area (Å²) in [5, 5.41) is 6.20. The molecule has 1 aliphatic heterocycles. The van der Waals surface area contributed by atoms with Crippen LogP contribution in [0.25, 0.3) is 0 Å². The first-order chi connectivity index (χ1) is 4.74. The maximum atomic E-state index is 5.05. The van der Waals surface area contributed by atoms with Crippen molar-refractivity contribution >= 4 is 34.4 Å². The molecule has 0 amide bonds. The quantitative estimate of drug-likeness (QED) is 0.569. The summed E-state index contributed by atoms with van der Waals surface area (Å²) >= 11 is 10.0. The zero-order chi connectivity index (χ0) is 7.56. The summed E-state index contributed by atoms with van der Waals surface area (Å²) in [6.45, 7) is 2.78. The third-order valence-corrected chi connectivity index (χ3v) is 2.17. The van der Waals surface area contributed by atoms with Crippen LogP contribution in [0.3, 0.4) is 0 Å². The molecule has 0 radical (unpaired) electrons. The van der Waals surface area contributed by atoms with Crippen LogP contribution in [0.2, 0.25) is 0 Å². The standard InChI is InChI=1S/C6H10N2S2/c1-2-4-6(10)7-3-5(9)8-4/h4H,2-3H2,1H3,(H,7,10)(H,8,9)/t4-/m0/s1. The first-order valence-corrected chi connectivity index (χ1v) is 4.12. The zero-order valence-electron chi connectivity index (χ0n) is 5.81. The van der Waals surface area contributed by atoms with E-state index in [4.69, 9.17) is 24.4 Å². The molecule has 1 rings (SSSR count). The van der Waals surface area contributed by atoms with Crippen LogP contribution in [0.5, 0.6) is 0 Å². The second-order valence-corrected chi connectivity index (χ2v) is 3.18. The summed E-state index contributed by atoms with van der Waals surface area (Å²) in [5.74, 6) is 0. The van der Waals surface area contributed by atoms with Crippen LogP contribution >= 0.6 is 24.4 Å². The van der Waals surface area contributed by atoms with Crippen LogP contribution in [-0.2, 0) is 0 Å². The molecule has 0 aliphatic carbocycles. The summed E-state index contributed by atoms with van der Waals surface area (Å²) in [6, 6.07) is 0.260. The monoisotopic (exact) mass is 174 g/mol. The van der Waals surface area contributed by atoms with Crippen molar-refractivity contribution in [3.63, 3.8) is 0 Å². The molecule has 1 fully saturated rings.